The van der Waals surface area contributed by atoms with Crippen molar-refractivity contribution in [1.82, 2.24) is 5.32 Å². The summed E-state index contributed by atoms with van der Waals surface area (Å²) >= 11 is 3.75. The molecule has 1 N–H and O–H groups in total. The van der Waals surface area contributed by atoms with Gasteiger partial charge in [-0.25, -0.2) is 0 Å². The van der Waals surface area contributed by atoms with Crippen LogP contribution in [0.25, 0.3) is 0 Å². The summed E-state index contributed by atoms with van der Waals surface area (Å²) in [4.78, 5) is 0. The first kappa shape index (κ1) is 10.9. The quantitative estimate of drug-likeness (QED) is 0.785. The monoisotopic (exact) mass is 261 g/mol. The summed E-state index contributed by atoms with van der Waals surface area (Å²) in [5, 5.41) is 3.63. The maximum absolute atomic E-state index is 5.50. The fraction of sp³-hybridized carbons (Fsp3) is 1.00. The van der Waals surface area contributed by atoms with Gasteiger partial charge in [-0.1, -0.05) is 15.9 Å². The van der Waals surface area contributed by atoms with E-state index >= 15 is 0 Å². The van der Waals surface area contributed by atoms with E-state index in [1.165, 1.54) is 25.7 Å². The van der Waals surface area contributed by atoms with E-state index in [1.807, 2.05) is 0 Å². The van der Waals surface area contributed by atoms with Crippen LogP contribution in [0.4, 0.5) is 0 Å². The van der Waals surface area contributed by atoms with Crippen LogP contribution in [-0.4, -0.2) is 30.1 Å². The van der Waals surface area contributed by atoms with E-state index < -0.39 is 0 Å². The molecule has 3 heteroatoms. The molecule has 0 aromatic carbocycles. The molecule has 2 fully saturated rings. The van der Waals surface area contributed by atoms with Gasteiger partial charge in [-0.05, 0) is 38.5 Å². The predicted octanol–water partition coefficient (Wildman–Crippen LogP) is 2.32. The van der Waals surface area contributed by atoms with Crippen LogP contribution in [0.3, 0.4) is 0 Å². The summed E-state index contributed by atoms with van der Waals surface area (Å²) in [5.41, 5.74) is 0. The van der Waals surface area contributed by atoms with E-state index in [4.69, 9.17) is 4.74 Å². The second-order valence-electron chi connectivity index (χ2n) is 4.80. The van der Waals surface area contributed by atoms with Gasteiger partial charge in [0.15, 0.2) is 0 Å². The lowest BCUT2D eigenvalue weighted by atomic mass is 9.95. The maximum atomic E-state index is 5.50. The first-order valence-corrected chi connectivity index (χ1v) is 6.49. The minimum absolute atomic E-state index is 0.441. The van der Waals surface area contributed by atoms with E-state index in [1.54, 1.807) is 0 Å². The van der Waals surface area contributed by atoms with Gasteiger partial charge in [0.2, 0.25) is 0 Å². The summed E-state index contributed by atoms with van der Waals surface area (Å²) < 4.78 is 5.94. The lowest BCUT2D eigenvalue weighted by molar-refractivity contribution is 0.0420. The Morgan fingerprint density at radius 2 is 2.36 bits per heavy atom. The summed E-state index contributed by atoms with van der Waals surface area (Å²) in [7, 11) is 0. The zero-order chi connectivity index (χ0) is 10.0. The third-order valence-corrected chi connectivity index (χ3v) is 4.51. The molecular formula is C11H20BrNO. The van der Waals surface area contributed by atoms with Crippen LogP contribution < -0.4 is 5.32 Å². The average molecular weight is 262 g/mol. The summed E-state index contributed by atoms with van der Waals surface area (Å²) in [6.07, 6.45) is 5.21. The number of alkyl halides is 1. The lowest BCUT2D eigenvalue weighted by Gasteiger charge is -2.29. The lowest BCUT2D eigenvalue weighted by Crippen LogP contribution is -2.40. The van der Waals surface area contributed by atoms with Crippen LogP contribution in [0.1, 0.15) is 32.6 Å². The highest BCUT2D eigenvalue weighted by molar-refractivity contribution is 9.10. The van der Waals surface area contributed by atoms with Crippen molar-refractivity contribution < 1.29 is 4.74 Å². The molecule has 2 aliphatic rings. The topological polar surface area (TPSA) is 21.3 Å². The molecule has 0 bridgehead atoms. The molecule has 2 rings (SSSR count). The molecule has 0 radical (unpaired) electrons. The molecule has 2 nitrogen and oxygen atoms in total. The average Bonchev–Trinajstić information content (AvgIpc) is 2.95. The van der Waals surface area contributed by atoms with Gasteiger partial charge in [0.05, 0.1) is 6.61 Å². The van der Waals surface area contributed by atoms with E-state index in [0.29, 0.717) is 10.4 Å². The van der Waals surface area contributed by atoms with Crippen LogP contribution in [0.5, 0.6) is 0 Å². The van der Waals surface area contributed by atoms with E-state index in [9.17, 15) is 0 Å². The van der Waals surface area contributed by atoms with Crippen molar-refractivity contribution in [2.24, 2.45) is 5.92 Å². The van der Waals surface area contributed by atoms with Crippen molar-refractivity contribution in [2.75, 3.05) is 19.8 Å². The SMILES string of the molecule is C[C@H](NCC1(Br)CC1)[C@@H]1CCCOC1. The Labute approximate surface area is 94.9 Å². The van der Waals surface area contributed by atoms with Crippen molar-refractivity contribution in [3.05, 3.63) is 0 Å². The van der Waals surface area contributed by atoms with Crippen molar-refractivity contribution in [3.63, 3.8) is 0 Å². The number of hydrogen-bond donors (Lipinski definition) is 1. The zero-order valence-electron chi connectivity index (χ0n) is 8.89. The highest BCUT2D eigenvalue weighted by atomic mass is 79.9. The molecule has 0 aromatic heterocycles. The minimum atomic E-state index is 0.441. The van der Waals surface area contributed by atoms with Gasteiger partial charge in [0.25, 0.3) is 0 Å². The third-order valence-electron chi connectivity index (χ3n) is 3.44. The smallest absolute Gasteiger partial charge is 0.0509 e. The number of rotatable bonds is 4. The van der Waals surface area contributed by atoms with Gasteiger partial charge in [-0.15, -0.1) is 0 Å². The van der Waals surface area contributed by atoms with Gasteiger partial charge in [-0.2, -0.15) is 0 Å². The first-order valence-electron chi connectivity index (χ1n) is 5.70. The van der Waals surface area contributed by atoms with Crippen LogP contribution in [-0.2, 0) is 4.74 Å². The second-order valence-corrected chi connectivity index (χ2v) is 6.48. The van der Waals surface area contributed by atoms with Gasteiger partial charge in [-0.3, -0.25) is 0 Å². The van der Waals surface area contributed by atoms with E-state index in [2.05, 4.69) is 28.2 Å². The molecule has 2 atom stereocenters. The van der Waals surface area contributed by atoms with Gasteiger partial charge >= 0.3 is 0 Å². The number of ether oxygens (including phenoxy) is 1. The Morgan fingerprint density at radius 3 is 2.93 bits per heavy atom. The van der Waals surface area contributed by atoms with Crippen LogP contribution in [0, 0.1) is 5.92 Å². The standard InChI is InChI=1S/C11H20BrNO/c1-9(10-3-2-6-14-7-10)13-8-11(12)4-5-11/h9-10,13H,2-8H2,1H3/t9-,10+/m0/s1. The minimum Gasteiger partial charge on any atom is -0.381 e. The molecule has 1 heterocycles. The Morgan fingerprint density at radius 1 is 1.57 bits per heavy atom. The van der Waals surface area contributed by atoms with Crippen molar-refractivity contribution in [3.8, 4) is 0 Å². The Bertz CT molecular complexity index is 188. The van der Waals surface area contributed by atoms with Gasteiger partial charge in [0.1, 0.15) is 0 Å². The fourth-order valence-corrected chi connectivity index (χ4v) is 2.34. The normalized spacial score (nSPS) is 32.6. The molecular weight excluding hydrogens is 242 g/mol. The van der Waals surface area contributed by atoms with Gasteiger partial charge < -0.3 is 10.1 Å². The molecule has 0 unspecified atom stereocenters. The first-order chi connectivity index (χ1) is 6.70. The Kier molecular flexibility index (Phi) is 3.50. The highest BCUT2D eigenvalue weighted by Gasteiger charge is 2.39. The second kappa shape index (κ2) is 4.50. The Hall–Kier alpha value is 0.400. The molecule has 1 saturated heterocycles. The molecule has 14 heavy (non-hydrogen) atoms. The summed E-state index contributed by atoms with van der Waals surface area (Å²) in [6.45, 7) is 5.32. The Balaban J connectivity index is 1.68. The molecule has 0 aromatic rings. The molecule has 1 aliphatic heterocycles. The maximum Gasteiger partial charge on any atom is 0.0509 e. The summed E-state index contributed by atoms with van der Waals surface area (Å²) in [5.74, 6) is 0.721. The predicted molar refractivity (Wildman–Crippen MR) is 61.9 cm³/mol. The molecule has 82 valence electrons. The zero-order valence-corrected chi connectivity index (χ0v) is 10.5. The third kappa shape index (κ3) is 2.94. The van der Waals surface area contributed by atoms with Crippen LogP contribution >= 0.6 is 15.9 Å². The molecule has 1 saturated carbocycles. The van der Waals surface area contributed by atoms with Crippen LogP contribution in [0.2, 0.25) is 0 Å². The molecule has 0 spiro atoms. The molecule has 1 aliphatic carbocycles. The largest absolute Gasteiger partial charge is 0.381 e. The van der Waals surface area contributed by atoms with Crippen LogP contribution in [0.15, 0.2) is 0 Å². The number of halogens is 1. The van der Waals surface area contributed by atoms with Crippen molar-refractivity contribution >= 4 is 15.9 Å². The van der Waals surface area contributed by atoms with Gasteiger partial charge in [0, 0.05) is 23.5 Å². The van der Waals surface area contributed by atoms with E-state index in [0.717, 1.165) is 25.7 Å². The highest BCUT2D eigenvalue weighted by Crippen LogP contribution is 2.43. The van der Waals surface area contributed by atoms with Crippen molar-refractivity contribution in [1.29, 1.82) is 0 Å². The number of hydrogen-bond acceptors (Lipinski definition) is 2. The van der Waals surface area contributed by atoms with E-state index in [-0.39, 0.29) is 0 Å². The summed E-state index contributed by atoms with van der Waals surface area (Å²) in [6, 6.07) is 0.602. The molecule has 0 amide bonds. The van der Waals surface area contributed by atoms with Crippen molar-refractivity contribution in [2.45, 2.75) is 43.0 Å². The fourth-order valence-electron chi connectivity index (χ4n) is 1.98. The number of nitrogens with one attached hydrogen (secondary N) is 1.